The van der Waals surface area contributed by atoms with E-state index in [9.17, 15) is 0 Å². The van der Waals surface area contributed by atoms with E-state index in [-0.39, 0.29) is 23.9 Å². The predicted octanol–water partition coefficient (Wildman–Crippen LogP) is 1.37. The monoisotopic (exact) mass is 272 g/mol. The minimum Gasteiger partial charge on any atom is -0.497 e. The zero-order valence-corrected chi connectivity index (χ0v) is 10.1. The molecule has 0 aromatic heterocycles. The van der Waals surface area contributed by atoms with Gasteiger partial charge in [0.15, 0.2) is 0 Å². The Balaban J connectivity index is 0.00000121. The van der Waals surface area contributed by atoms with Crippen molar-refractivity contribution < 1.29 is 9.84 Å². The van der Waals surface area contributed by atoms with Gasteiger partial charge in [-0.3, -0.25) is 0 Å². The van der Waals surface area contributed by atoms with Gasteiger partial charge in [-0.05, 0) is 24.6 Å². The van der Waals surface area contributed by atoms with E-state index in [0.717, 1.165) is 11.3 Å². The summed E-state index contributed by atoms with van der Waals surface area (Å²) >= 11 is 0. The molecule has 0 amide bonds. The Morgan fingerprint density at radius 3 is 2.08 bits per heavy atom. The van der Waals surface area contributed by atoms with Gasteiger partial charge in [-0.15, -0.1) is 0 Å². The van der Waals surface area contributed by atoms with Crippen LogP contribution in [0, 0.1) is 0 Å². The third-order valence-electron chi connectivity index (χ3n) is 1.60. The van der Waals surface area contributed by atoms with Crippen LogP contribution in [0.3, 0.4) is 0 Å². The molecule has 0 bridgehead atoms. The molecule has 1 aromatic rings. The maximum atomic E-state index is 9.15. The van der Waals surface area contributed by atoms with Gasteiger partial charge in [0, 0.05) is 23.9 Å². The fourth-order valence-corrected chi connectivity index (χ4v) is 0.882. The molecule has 64 valence electrons. The Labute approximate surface area is 89.5 Å². The molecule has 0 aliphatic carbocycles. The van der Waals surface area contributed by atoms with E-state index >= 15 is 0 Å². The number of methoxy groups -OCH3 is 1. The van der Waals surface area contributed by atoms with Crippen molar-refractivity contribution in [2.45, 2.75) is 13.0 Å². The number of rotatable bonds is 2. The second-order valence-corrected chi connectivity index (χ2v) is 2.45. The summed E-state index contributed by atoms with van der Waals surface area (Å²) in [5.41, 5.74) is 0.908. The van der Waals surface area contributed by atoms with Crippen LogP contribution in [0.25, 0.3) is 0 Å². The predicted molar refractivity (Wildman–Crippen MR) is 49.4 cm³/mol. The number of hydrogen-bond acceptors (Lipinski definition) is 2. The minimum absolute atomic E-state index is 0. The smallest absolute Gasteiger partial charge is 0.118 e. The fraction of sp³-hybridized carbons (Fsp3) is 0.333. The van der Waals surface area contributed by atoms with Gasteiger partial charge in [0.2, 0.25) is 0 Å². The van der Waals surface area contributed by atoms with E-state index in [1.807, 2.05) is 24.3 Å². The first-order valence-corrected chi connectivity index (χ1v) is 3.56. The summed E-state index contributed by atoms with van der Waals surface area (Å²) < 4.78 is 4.97. The zero-order chi connectivity index (χ0) is 8.27. The molecule has 1 atom stereocenters. The second kappa shape index (κ2) is 5.43. The van der Waals surface area contributed by atoms with Gasteiger partial charge in [-0.1, -0.05) is 12.1 Å². The minimum atomic E-state index is -0.402. The number of hydrogen-bond donors (Lipinski definition) is 1. The molecule has 2 nitrogen and oxygen atoms in total. The van der Waals surface area contributed by atoms with Gasteiger partial charge < -0.3 is 9.84 Å². The molecule has 0 fully saturated rings. The quantitative estimate of drug-likeness (QED) is 0.823. The Morgan fingerprint density at radius 1 is 1.25 bits per heavy atom. The van der Waals surface area contributed by atoms with Crippen LogP contribution in [-0.2, 0) is 0 Å². The van der Waals surface area contributed by atoms with Crippen LogP contribution < -0.4 is 4.74 Å². The molecule has 12 heavy (non-hydrogen) atoms. The van der Waals surface area contributed by atoms with Crippen LogP contribution in [0.4, 0.5) is 0 Å². The van der Waals surface area contributed by atoms with E-state index in [4.69, 9.17) is 9.84 Å². The Morgan fingerprint density at radius 2 is 1.75 bits per heavy atom. The summed E-state index contributed by atoms with van der Waals surface area (Å²) in [6, 6.07) is 7.37. The van der Waals surface area contributed by atoms with Crippen LogP contribution in [0.1, 0.15) is 18.6 Å². The van der Waals surface area contributed by atoms with E-state index in [2.05, 4.69) is 0 Å². The first-order valence-electron chi connectivity index (χ1n) is 3.56. The van der Waals surface area contributed by atoms with Crippen molar-refractivity contribution in [3.63, 3.8) is 0 Å². The van der Waals surface area contributed by atoms with Crippen molar-refractivity contribution in [1.29, 1.82) is 0 Å². The molecular weight excluding hydrogens is 259 g/mol. The average Bonchev–Trinajstić information content (AvgIpc) is 2.05. The van der Waals surface area contributed by atoms with E-state index in [1.54, 1.807) is 14.0 Å². The summed E-state index contributed by atoms with van der Waals surface area (Å²) in [5, 5.41) is 9.15. The first-order chi connectivity index (χ1) is 5.24. The third-order valence-corrected chi connectivity index (χ3v) is 1.60. The Kier molecular flexibility index (Phi) is 5.33. The summed E-state index contributed by atoms with van der Waals surface area (Å²) in [4.78, 5) is 0. The van der Waals surface area contributed by atoms with Crippen molar-refractivity contribution in [1.82, 2.24) is 0 Å². The van der Waals surface area contributed by atoms with Crippen LogP contribution in [0.5, 0.6) is 5.75 Å². The standard InChI is InChI=1S/C9H12O2.Sn/c1-7(10)8-3-5-9(11-2)6-4-8;/h3-7,10H,1-2H3;/t7-;/m1./s1. The summed E-state index contributed by atoms with van der Waals surface area (Å²) in [6.45, 7) is 1.74. The van der Waals surface area contributed by atoms with Gasteiger partial charge >= 0.3 is 0 Å². The van der Waals surface area contributed by atoms with Crippen LogP contribution in [0.15, 0.2) is 24.3 Å². The zero-order valence-electron chi connectivity index (χ0n) is 7.24. The number of benzene rings is 1. The van der Waals surface area contributed by atoms with E-state index in [0.29, 0.717) is 0 Å². The molecule has 0 spiro atoms. The topological polar surface area (TPSA) is 29.5 Å². The SMILES string of the molecule is COc1ccc([C@@H](C)O)cc1.[Sn]. The molecule has 1 rings (SSSR count). The third kappa shape index (κ3) is 3.03. The molecule has 0 heterocycles. The fourth-order valence-electron chi connectivity index (χ4n) is 0.882. The van der Waals surface area contributed by atoms with Crippen LogP contribution in [0.2, 0.25) is 0 Å². The number of aliphatic hydroxyl groups excluding tert-OH is 1. The van der Waals surface area contributed by atoms with Crippen molar-refractivity contribution in [2.24, 2.45) is 0 Å². The number of ether oxygens (including phenoxy) is 1. The van der Waals surface area contributed by atoms with Crippen molar-refractivity contribution in [2.75, 3.05) is 7.11 Å². The van der Waals surface area contributed by atoms with Crippen molar-refractivity contribution in [3.05, 3.63) is 29.8 Å². The summed E-state index contributed by atoms with van der Waals surface area (Å²) in [7, 11) is 1.62. The van der Waals surface area contributed by atoms with Crippen LogP contribution >= 0.6 is 0 Å². The molecule has 0 aliphatic rings. The van der Waals surface area contributed by atoms with E-state index < -0.39 is 6.10 Å². The van der Waals surface area contributed by atoms with Gasteiger partial charge in [0.25, 0.3) is 0 Å². The van der Waals surface area contributed by atoms with Crippen LogP contribution in [-0.4, -0.2) is 36.1 Å². The Bertz CT molecular complexity index is 218. The Hall–Kier alpha value is -0.221. The summed E-state index contributed by atoms with van der Waals surface area (Å²) in [5.74, 6) is 0.814. The van der Waals surface area contributed by atoms with Gasteiger partial charge in [0.1, 0.15) is 5.75 Å². The van der Waals surface area contributed by atoms with Crippen molar-refractivity contribution in [3.8, 4) is 5.75 Å². The molecule has 0 saturated carbocycles. The van der Waals surface area contributed by atoms with E-state index in [1.165, 1.54) is 0 Å². The van der Waals surface area contributed by atoms with Gasteiger partial charge in [-0.25, -0.2) is 0 Å². The molecule has 3 heteroatoms. The number of aliphatic hydroxyl groups is 1. The van der Waals surface area contributed by atoms with Crippen molar-refractivity contribution >= 4 is 23.9 Å². The van der Waals surface area contributed by atoms with Gasteiger partial charge in [-0.2, -0.15) is 0 Å². The van der Waals surface area contributed by atoms with Gasteiger partial charge in [0.05, 0.1) is 13.2 Å². The molecule has 4 radical (unpaired) electrons. The molecule has 1 N–H and O–H groups in total. The first kappa shape index (κ1) is 11.8. The normalized spacial score (nSPS) is 11.6. The molecule has 0 unspecified atom stereocenters. The maximum Gasteiger partial charge on any atom is 0.118 e. The molecular formula is C9H12O2Sn. The average molecular weight is 271 g/mol. The molecule has 1 aromatic carbocycles. The summed E-state index contributed by atoms with van der Waals surface area (Å²) in [6.07, 6.45) is -0.402. The molecule has 0 saturated heterocycles. The second-order valence-electron chi connectivity index (χ2n) is 2.45. The maximum absolute atomic E-state index is 9.15. The molecule has 0 aliphatic heterocycles. The largest absolute Gasteiger partial charge is 0.497 e.